The first-order chi connectivity index (χ1) is 10.1. The largest absolute Gasteiger partial charge is 0.632 e. The first kappa shape index (κ1) is 17.4. The van der Waals surface area contributed by atoms with Crippen LogP contribution in [-0.4, -0.2) is 69.5 Å². The molecule has 0 aliphatic carbocycles. The summed E-state index contributed by atoms with van der Waals surface area (Å²) in [5.41, 5.74) is -1.40. The first-order valence-electron chi connectivity index (χ1n) is 7.65. The molecule has 2 unspecified atom stereocenters. The molecule has 0 aromatic carbocycles. The molecule has 1 saturated heterocycles. The predicted octanol–water partition coefficient (Wildman–Crippen LogP) is -0.315. The maximum atomic E-state index is 12.4. The number of hydrogen-bond acceptors (Lipinski definition) is 6. The lowest BCUT2D eigenvalue weighted by Gasteiger charge is -2.40. The molecule has 5 atom stereocenters. The number of carbonyl (C=O) groups is 1. The summed E-state index contributed by atoms with van der Waals surface area (Å²) < 4.78 is 4.64. The summed E-state index contributed by atoms with van der Waals surface area (Å²) in [6.45, 7) is 5.02. The first-order valence-corrected chi connectivity index (χ1v) is 7.65. The van der Waals surface area contributed by atoms with Crippen molar-refractivity contribution in [3.05, 3.63) is 16.9 Å². The van der Waals surface area contributed by atoms with Crippen LogP contribution in [-0.2, 0) is 9.53 Å². The molecule has 7 heteroatoms. The number of hydrogen-bond donors (Lipinski definition) is 3. The Balaban J connectivity index is 2.03. The van der Waals surface area contributed by atoms with Crippen molar-refractivity contribution >= 4 is 5.97 Å². The van der Waals surface area contributed by atoms with Crippen molar-refractivity contribution in [2.24, 2.45) is 5.92 Å². The van der Waals surface area contributed by atoms with Crippen LogP contribution >= 0.6 is 0 Å². The summed E-state index contributed by atoms with van der Waals surface area (Å²) in [6.07, 6.45) is 0.127. The molecule has 0 bridgehead atoms. The van der Waals surface area contributed by atoms with Crippen LogP contribution in [0.4, 0.5) is 0 Å². The van der Waals surface area contributed by atoms with Crippen molar-refractivity contribution in [2.45, 2.75) is 51.0 Å². The summed E-state index contributed by atoms with van der Waals surface area (Å²) in [6, 6.07) is -0.591. The highest BCUT2D eigenvalue weighted by Gasteiger charge is 2.49. The molecule has 7 nitrogen and oxygen atoms in total. The van der Waals surface area contributed by atoms with E-state index in [1.54, 1.807) is 19.9 Å². The molecule has 0 aromatic rings. The Morgan fingerprint density at radius 3 is 2.73 bits per heavy atom. The van der Waals surface area contributed by atoms with Gasteiger partial charge in [-0.2, -0.15) is 0 Å². The fraction of sp³-hybridized carbons (Fsp3) is 0.800. The van der Waals surface area contributed by atoms with Gasteiger partial charge in [0.1, 0.15) is 18.8 Å². The van der Waals surface area contributed by atoms with Crippen LogP contribution < -0.4 is 0 Å². The Morgan fingerprint density at radius 2 is 2.18 bits per heavy atom. The van der Waals surface area contributed by atoms with Gasteiger partial charge in [0.25, 0.3) is 0 Å². The van der Waals surface area contributed by atoms with Gasteiger partial charge in [0, 0.05) is 12.0 Å². The van der Waals surface area contributed by atoms with Crippen molar-refractivity contribution in [1.82, 2.24) is 0 Å². The second-order valence-corrected chi connectivity index (χ2v) is 6.67. The summed E-state index contributed by atoms with van der Waals surface area (Å²) in [5, 5.41) is 42.4. The number of aliphatic hydroxyl groups excluding tert-OH is 2. The van der Waals surface area contributed by atoms with Crippen molar-refractivity contribution in [1.29, 1.82) is 0 Å². The minimum atomic E-state index is -1.99. The Kier molecular flexibility index (Phi) is 4.66. The molecule has 0 aromatic heterocycles. The molecule has 2 aliphatic heterocycles. The van der Waals surface area contributed by atoms with E-state index in [2.05, 4.69) is 0 Å². The van der Waals surface area contributed by atoms with E-state index < -0.39 is 40.4 Å². The number of fused-ring (bicyclic) bond motifs is 1. The molecular weight excluding hydrogens is 290 g/mol. The van der Waals surface area contributed by atoms with Gasteiger partial charge >= 0.3 is 5.97 Å². The highest BCUT2D eigenvalue weighted by Crippen LogP contribution is 2.36. The molecule has 2 heterocycles. The quantitative estimate of drug-likeness (QED) is 0.278. The number of quaternary nitrogens is 1. The maximum Gasteiger partial charge on any atom is 0.341 e. The van der Waals surface area contributed by atoms with Crippen LogP contribution in [0.5, 0.6) is 0 Å². The second-order valence-electron chi connectivity index (χ2n) is 6.67. The molecular formula is C15H25NO6. The molecule has 0 spiro atoms. The highest BCUT2D eigenvalue weighted by molar-refractivity contribution is 5.80. The molecule has 126 valence electrons. The standard InChI is InChI=1S/C15H25NO6/c1-9(2)15(20,10(3)17)14(19)22-8-11-4-6-16(21)7-5-12(18)13(11)16/h4,9-10,12-13,17-18,20H,5-8H2,1-3H3/t10-,12-,13-,15?,16?/m0/s1. The Labute approximate surface area is 130 Å². The van der Waals surface area contributed by atoms with Crippen LogP contribution in [0, 0.1) is 11.1 Å². The average Bonchev–Trinajstić information content (AvgIpc) is 2.92. The fourth-order valence-electron chi connectivity index (χ4n) is 3.41. The zero-order valence-corrected chi connectivity index (χ0v) is 13.2. The Morgan fingerprint density at radius 1 is 1.55 bits per heavy atom. The number of carbonyl (C=O) groups excluding carboxylic acids is 1. The summed E-state index contributed by atoms with van der Waals surface area (Å²) in [7, 11) is 0. The number of nitrogens with zero attached hydrogens (tertiary/aromatic N) is 1. The predicted molar refractivity (Wildman–Crippen MR) is 78.3 cm³/mol. The monoisotopic (exact) mass is 315 g/mol. The Bertz CT molecular complexity index is 467. The van der Waals surface area contributed by atoms with Crippen LogP contribution in [0.25, 0.3) is 0 Å². The van der Waals surface area contributed by atoms with Gasteiger partial charge in [-0.1, -0.05) is 13.8 Å². The van der Waals surface area contributed by atoms with Crippen LogP contribution in [0.3, 0.4) is 0 Å². The van der Waals surface area contributed by atoms with Crippen molar-refractivity contribution in [3.8, 4) is 0 Å². The molecule has 22 heavy (non-hydrogen) atoms. The normalized spacial score (nSPS) is 35.0. The lowest BCUT2D eigenvalue weighted by Crippen LogP contribution is -2.53. The van der Waals surface area contributed by atoms with Gasteiger partial charge in [0.2, 0.25) is 0 Å². The van der Waals surface area contributed by atoms with Gasteiger partial charge in [-0.25, -0.2) is 4.79 Å². The van der Waals surface area contributed by atoms with E-state index in [0.717, 1.165) is 0 Å². The Hall–Kier alpha value is -0.990. The molecule has 2 rings (SSSR count). The minimum absolute atomic E-state index is 0.148. The van der Waals surface area contributed by atoms with Crippen molar-refractivity contribution in [2.75, 3.05) is 19.7 Å². The summed E-state index contributed by atoms with van der Waals surface area (Å²) in [5.74, 6) is -1.44. The molecule has 0 saturated carbocycles. The van der Waals surface area contributed by atoms with E-state index in [-0.39, 0.29) is 13.2 Å². The number of esters is 1. The smallest absolute Gasteiger partial charge is 0.341 e. The second kappa shape index (κ2) is 5.90. The SMILES string of the molecule is CC(C)C(O)(C(=O)OCC1=CC[N+]2([O-])CC[C@H](O)[C@H]12)[C@H](C)O. The van der Waals surface area contributed by atoms with E-state index in [4.69, 9.17) is 4.74 Å². The molecule has 0 amide bonds. The van der Waals surface area contributed by atoms with E-state index in [0.29, 0.717) is 18.5 Å². The molecule has 0 radical (unpaired) electrons. The highest BCUT2D eigenvalue weighted by atomic mass is 16.6. The number of aliphatic hydroxyl groups is 3. The average molecular weight is 315 g/mol. The topological polar surface area (TPSA) is 110 Å². The van der Waals surface area contributed by atoms with E-state index in [1.807, 2.05) is 0 Å². The third-order valence-electron chi connectivity index (χ3n) is 4.93. The fourth-order valence-corrected chi connectivity index (χ4v) is 3.41. The number of rotatable bonds is 5. The lowest BCUT2D eigenvalue weighted by molar-refractivity contribution is -0.877. The molecule has 2 aliphatic rings. The van der Waals surface area contributed by atoms with Crippen LogP contribution in [0.15, 0.2) is 11.6 Å². The summed E-state index contributed by atoms with van der Waals surface area (Å²) in [4.78, 5) is 12.2. The minimum Gasteiger partial charge on any atom is -0.632 e. The third-order valence-corrected chi connectivity index (χ3v) is 4.93. The molecule has 1 fully saturated rings. The lowest BCUT2D eigenvalue weighted by atomic mass is 9.85. The van der Waals surface area contributed by atoms with Crippen molar-refractivity contribution < 1.29 is 29.5 Å². The van der Waals surface area contributed by atoms with Crippen molar-refractivity contribution in [3.63, 3.8) is 0 Å². The van der Waals surface area contributed by atoms with Gasteiger partial charge in [-0.3, -0.25) is 0 Å². The number of hydroxylamine groups is 3. The van der Waals surface area contributed by atoms with Gasteiger partial charge in [-0.05, 0) is 18.9 Å². The van der Waals surface area contributed by atoms with E-state index >= 15 is 0 Å². The zero-order valence-electron chi connectivity index (χ0n) is 13.2. The van der Waals surface area contributed by atoms with E-state index in [9.17, 15) is 25.3 Å². The van der Waals surface area contributed by atoms with Gasteiger partial charge in [0.05, 0.1) is 19.2 Å². The van der Waals surface area contributed by atoms with E-state index in [1.165, 1.54) is 6.92 Å². The van der Waals surface area contributed by atoms with Crippen LogP contribution in [0.1, 0.15) is 27.2 Å². The number of ether oxygens (including phenoxy) is 1. The van der Waals surface area contributed by atoms with Gasteiger partial charge in [0.15, 0.2) is 5.60 Å². The molecule has 3 N–H and O–H groups in total. The van der Waals surface area contributed by atoms with Crippen LogP contribution in [0.2, 0.25) is 0 Å². The summed E-state index contributed by atoms with van der Waals surface area (Å²) >= 11 is 0. The third kappa shape index (κ3) is 2.68. The maximum absolute atomic E-state index is 12.4. The van der Waals surface area contributed by atoms with Gasteiger partial charge in [-0.15, -0.1) is 0 Å². The zero-order chi connectivity index (χ0) is 16.7. The van der Waals surface area contributed by atoms with Gasteiger partial charge < -0.3 is 29.9 Å².